The number of rotatable bonds is 3. The predicted molar refractivity (Wildman–Crippen MR) is 81.2 cm³/mol. The Morgan fingerprint density at radius 1 is 1.26 bits per heavy atom. The molecule has 104 valence electrons. The molecule has 0 aromatic heterocycles. The molecule has 1 fully saturated rings. The molecule has 0 saturated carbocycles. The summed E-state index contributed by atoms with van der Waals surface area (Å²) in [4.78, 5) is 4.73. The van der Waals surface area contributed by atoms with E-state index in [0.717, 1.165) is 31.9 Å². The monoisotopic (exact) mass is 281 g/mol. The third kappa shape index (κ3) is 3.22. The molecule has 1 aliphatic rings. The van der Waals surface area contributed by atoms with Gasteiger partial charge < -0.3 is 10.6 Å². The molecule has 3 nitrogen and oxygen atoms in total. The number of benzene rings is 1. The number of hydrogen-bond donors (Lipinski definition) is 1. The molecule has 5 heteroatoms. The first-order valence-electron chi connectivity index (χ1n) is 6.57. The summed E-state index contributed by atoms with van der Waals surface area (Å²) >= 11 is 4.81. The lowest BCUT2D eigenvalue weighted by Gasteiger charge is -2.38. The number of thiocarbonyl (C=S) groups is 1. The summed E-state index contributed by atoms with van der Waals surface area (Å²) in [7, 11) is 0. The van der Waals surface area contributed by atoms with Crippen LogP contribution in [0.15, 0.2) is 18.2 Å². The van der Waals surface area contributed by atoms with Crippen molar-refractivity contribution in [1.82, 2.24) is 4.90 Å². The topological polar surface area (TPSA) is 32.5 Å². The number of anilines is 1. The van der Waals surface area contributed by atoms with E-state index in [9.17, 15) is 4.39 Å². The molecule has 1 aliphatic heterocycles. The molecule has 1 aromatic carbocycles. The smallest absolute Gasteiger partial charge is 0.135 e. The molecule has 0 radical (unpaired) electrons. The van der Waals surface area contributed by atoms with Crippen LogP contribution in [0.2, 0.25) is 0 Å². The Balaban J connectivity index is 2.08. The van der Waals surface area contributed by atoms with E-state index in [-0.39, 0.29) is 10.8 Å². The van der Waals surface area contributed by atoms with Crippen LogP contribution in [0.4, 0.5) is 10.1 Å². The molecule has 1 saturated heterocycles. The third-order valence-corrected chi connectivity index (χ3v) is 3.85. The zero-order valence-corrected chi connectivity index (χ0v) is 12.2. The van der Waals surface area contributed by atoms with Crippen molar-refractivity contribution in [3.8, 4) is 0 Å². The number of nitrogens with two attached hydrogens (primary N) is 1. The van der Waals surface area contributed by atoms with E-state index in [1.807, 2.05) is 6.07 Å². The van der Waals surface area contributed by atoms with Gasteiger partial charge in [-0.3, -0.25) is 4.90 Å². The first-order valence-corrected chi connectivity index (χ1v) is 6.98. The van der Waals surface area contributed by atoms with Crippen LogP contribution in [-0.4, -0.2) is 42.1 Å². The second kappa shape index (κ2) is 5.84. The molecule has 0 unspecified atom stereocenters. The molecule has 0 bridgehead atoms. The van der Waals surface area contributed by atoms with Gasteiger partial charge in [-0.25, -0.2) is 4.39 Å². The van der Waals surface area contributed by atoms with Crippen LogP contribution in [0.25, 0.3) is 0 Å². The summed E-state index contributed by atoms with van der Waals surface area (Å²) in [5.74, 6) is -0.337. The lowest BCUT2D eigenvalue weighted by molar-refractivity contribution is 0.209. The molecule has 1 aromatic rings. The molecule has 0 spiro atoms. The second-order valence-corrected chi connectivity index (χ2v) is 5.58. The first kappa shape index (κ1) is 14.2. The normalized spacial score (nSPS) is 16.9. The van der Waals surface area contributed by atoms with E-state index in [0.29, 0.717) is 11.6 Å². The Labute approximate surface area is 119 Å². The molecule has 19 heavy (non-hydrogen) atoms. The average molecular weight is 281 g/mol. The maximum absolute atomic E-state index is 13.9. The van der Waals surface area contributed by atoms with Crippen molar-refractivity contribution >= 4 is 22.9 Å². The van der Waals surface area contributed by atoms with Crippen LogP contribution in [0.3, 0.4) is 0 Å². The first-order chi connectivity index (χ1) is 8.99. The van der Waals surface area contributed by atoms with Crippen LogP contribution >= 0.6 is 12.2 Å². The Morgan fingerprint density at radius 3 is 2.37 bits per heavy atom. The zero-order chi connectivity index (χ0) is 14.0. The Hall–Kier alpha value is -1.20. The fraction of sp³-hybridized carbons (Fsp3) is 0.500. The Morgan fingerprint density at radius 2 is 1.89 bits per heavy atom. The van der Waals surface area contributed by atoms with Crippen LogP contribution in [0.5, 0.6) is 0 Å². The van der Waals surface area contributed by atoms with Gasteiger partial charge >= 0.3 is 0 Å². The highest BCUT2D eigenvalue weighted by molar-refractivity contribution is 7.80. The van der Waals surface area contributed by atoms with E-state index in [1.165, 1.54) is 6.07 Å². The summed E-state index contributed by atoms with van der Waals surface area (Å²) in [5.41, 5.74) is 6.69. The van der Waals surface area contributed by atoms with Crippen molar-refractivity contribution in [2.45, 2.75) is 19.9 Å². The maximum Gasteiger partial charge on any atom is 0.135 e. The summed E-state index contributed by atoms with van der Waals surface area (Å²) < 4.78 is 13.9. The summed E-state index contributed by atoms with van der Waals surface area (Å²) in [6, 6.07) is 5.65. The number of nitrogens with zero attached hydrogens (tertiary/aromatic N) is 2. The van der Waals surface area contributed by atoms with E-state index >= 15 is 0 Å². The predicted octanol–water partition coefficient (Wildman–Crippen LogP) is 1.99. The SMILES string of the molecule is CC(C)N1CCN(c2ccc(C(N)=S)c(F)c2)CC1. The van der Waals surface area contributed by atoms with Crippen LogP contribution < -0.4 is 10.6 Å². The van der Waals surface area contributed by atoms with Gasteiger partial charge in [0.2, 0.25) is 0 Å². The number of piperazine rings is 1. The Kier molecular flexibility index (Phi) is 4.37. The fourth-order valence-electron chi connectivity index (χ4n) is 2.40. The molecule has 2 rings (SSSR count). The van der Waals surface area contributed by atoms with Crippen LogP contribution in [0, 0.1) is 5.82 Å². The molecular weight excluding hydrogens is 261 g/mol. The lowest BCUT2D eigenvalue weighted by atomic mass is 10.1. The Bertz CT molecular complexity index is 468. The van der Waals surface area contributed by atoms with E-state index in [1.54, 1.807) is 6.07 Å². The summed E-state index contributed by atoms with van der Waals surface area (Å²) in [6.07, 6.45) is 0. The zero-order valence-electron chi connectivity index (χ0n) is 11.4. The standard InChI is InChI=1S/C14H20FN3S/c1-10(2)17-5-7-18(8-6-17)11-3-4-12(14(16)19)13(15)9-11/h3-4,9-10H,5-8H2,1-2H3,(H2,16,19). The van der Waals surface area contributed by atoms with Crippen LogP contribution in [-0.2, 0) is 0 Å². The number of hydrogen-bond acceptors (Lipinski definition) is 3. The van der Waals surface area contributed by atoms with Gasteiger partial charge in [-0.15, -0.1) is 0 Å². The van der Waals surface area contributed by atoms with Crippen molar-refractivity contribution in [3.63, 3.8) is 0 Å². The van der Waals surface area contributed by atoms with Gasteiger partial charge in [0.15, 0.2) is 0 Å². The van der Waals surface area contributed by atoms with Gasteiger partial charge in [-0.05, 0) is 32.0 Å². The molecule has 1 heterocycles. The van der Waals surface area contributed by atoms with Gasteiger partial charge in [-0.1, -0.05) is 12.2 Å². The summed E-state index contributed by atoms with van der Waals surface area (Å²) in [5, 5.41) is 0. The van der Waals surface area contributed by atoms with Gasteiger partial charge in [0.1, 0.15) is 10.8 Å². The largest absolute Gasteiger partial charge is 0.389 e. The minimum atomic E-state index is -0.337. The van der Waals surface area contributed by atoms with E-state index < -0.39 is 0 Å². The van der Waals surface area contributed by atoms with Crippen molar-refractivity contribution in [2.75, 3.05) is 31.1 Å². The molecule has 0 amide bonds. The molecule has 0 aliphatic carbocycles. The maximum atomic E-state index is 13.9. The van der Waals surface area contributed by atoms with Gasteiger partial charge in [0, 0.05) is 43.5 Å². The van der Waals surface area contributed by atoms with Crippen molar-refractivity contribution in [3.05, 3.63) is 29.6 Å². The molecule has 2 N–H and O–H groups in total. The minimum Gasteiger partial charge on any atom is -0.389 e. The quantitative estimate of drug-likeness (QED) is 0.859. The van der Waals surface area contributed by atoms with Gasteiger partial charge in [-0.2, -0.15) is 0 Å². The van der Waals surface area contributed by atoms with Gasteiger partial charge in [0.25, 0.3) is 0 Å². The van der Waals surface area contributed by atoms with Gasteiger partial charge in [0.05, 0.1) is 0 Å². The minimum absolute atomic E-state index is 0.105. The third-order valence-electron chi connectivity index (χ3n) is 3.63. The number of halogens is 1. The average Bonchev–Trinajstić information content (AvgIpc) is 2.38. The molecular formula is C14H20FN3S. The van der Waals surface area contributed by atoms with Crippen molar-refractivity contribution in [1.29, 1.82) is 0 Å². The lowest BCUT2D eigenvalue weighted by Crippen LogP contribution is -2.48. The van der Waals surface area contributed by atoms with E-state index in [2.05, 4.69) is 23.6 Å². The summed E-state index contributed by atoms with van der Waals surface area (Å²) in [6.45, 7) is 8.26. The van der Waals surface area contributed by atoms with E-state index in [4.69, 9.17) is 18.0 Å². The molecule has 0 atom stereocenters. The highest BCUT2D eigenvalue weighted by atomic mass is 32.1. The second-order valence-electron chi connectivity index (χ2n) is 5.15. The fourth-order valence-corrected chi connectivity index (χ4v) is 2.56. The highest BCUT2D eigenvalue weighted by Crippen LogP contribution is 2.20. The highest BCUT2D eigenvalue weighted by Gasteiger charge is 2.19. The van der Waals surface area contributed by atoms with Crippen LogP contribution in [0.1, 0.15) is 19.4 Å². The van der Waals surface area contributed by atoms with Crippen molar-refractivity contribution < 1.29 is 4.39 Å². The van der Waals surface area contributed by atoms with Crippen molar-refractivity contribution in [2.24, 2.45) is 5.73 Å².